The lowest BCUT2D eigenvalue weighted by Crippen LogP contribution is -2.44. The molecule has 234 valence electrons. The Labute approximate surface area is 252 Å². The van der Waals surface area contributed by atoms with Crippen molar-refractivity contribution in [3.05, 3.63) is 75.8 Å². The molecule has 1 fully saturated rings. The van der Waals surface area contributed by atoms with Crippen LogP contribution in [0.5, 0.6) is 11.5 Å². The van der Waals surface area contributed by atoms with E-state index in [0.717, 1.165) is 5.56 Å². The van der Waals surface area contributed by atoms with Crippen molar-refractivity contribution in [3.63, 3.8) is 0 Å². The van der Waals surface area contributed by atoms with Crippen LogP contribution in [0.3, 0.4) is 0 Å². The van der Waals surface area contributed by atoms with Gasteiger partial charge in [-0.05, 0) is 37.5 Å². The van der Waals surface area contributed by atoms with Gasteiger partial charge >= 0.3 is 12.1 Å². The maximum atomic E-state index is 14.9. The minimum absolute atomic E-state index is 0.104. The van der Waals surface area contributed by atoms with Gasteiger partial charge in [0.2, 0.25) is 5.91 Å². The third-order valence-electron chi connectivity index (χ3n) is 7.43. The molecule has 15 heteroatoms. The summed E-state index contributed by atoms with van der Waals surface area (Å²) in [4.78, 5) is 36.1. The summed E-state index contributed by atoms with van der Waals surface area (Å²) in [5.74, 6) is -7.10. The number of carbonyl (C=O) groups excluding carboxylic acids is 1. The second-order valence-corrected chi connectivity index (χ2v) is 11.2. The van der Waals surface area contributed by atoms with E-state index in [1.165, 1.54) is 32.4 Å². The molecule has 0 radical (unpaired) electrons. The van der Waals surface area contributed by atoms with Gasteiger partial charge in [0.25, 0.3) is 5.56 Å². The van der Waals surface area contributed by atoms with Gasteiger partial charge in [0, 0.05) is 18.2 Å². The second kappa shape index (κ2) is 12.0. The summed E-state index contributed by atoms with van der Waals surface area (Å²) in [6.07, 6.45) is -4.98. The lowest BCUT2D eigenvalue weighted by atomic mass is 10.1. The van der Waals surface area contributed by atoms with Crippen LogP contribution in [0.25, 0.3) is 10.3 Å². The van der Waals surface area contributed by atoms with Crippen LogP contribution in [0.2, 0.25) is 0 Å². The van der Waals surface area contributed by atoms with Crippen LogP contribution >= 0.6 is 11.3 Å². The molecular weight excluding hydrogens is 609 g/mol. The number of methoxy groups -OCH3 is 2. The molecule has 2 aromatic carbocycles. The standard InChI is InChI=1S/C29H28F5N5O4S/c1-16(17-8-5-4-6-9-17)35-23(40)20-10-7-13-38(20)27-36-22-24(44-27)37-26(28(30,31)29(32,33)34)39(25(22)41)15-18-11-12-19(42-2)14-21(18)43-3/h4-6,8-9,11-12,14,16,20H,7,10,13,15H2,1-3H3,(H,35,40)/t16-,20-/m1/s1. The number of fused-ring (bicyclic) bond motifs is 1. The zero-order valence-corrected chi connectivity index (χ0v) is 24.6. The van der Waals surface area contributed by atoms with Crippen LogP contribution in [-0.2, 0) is 17.3 Å². The highest BCUT2D eigenvalue weighted by molar-refractivity contribution is 7.21. The zero-order chi connectivity index (χ0) is 31.8. The summed E-state index contributed by atoms with van der Waals surface area (Å²) in [6.45, 7) is 1.48. The molecule has 1 aliphatic heterocycles. The smallest absolute Gasteiger partial charge is 0.461 e. The number of amides is 1. The van der Waals surface area contributed by atoms with Crippen molar-refractivity contribution in [2.45, 2.75) is 50.5 Å². The molecule has 4 aromatic rings. The minimum atomic E-state index is -6.03. The molecule has 2 atom stereocenters. The summed E-state index contributed by atoms with van der Waals surface area (Å²) >= 11 is 0.682. The first-order chi connectivity index (χ1) is 20.8. The van der Waals surface area contributed by atoms with Crippen LogP contribution in [-0.4, -0.2) is 53.4 Å². The maximum Gasteiger partial charge on any atom is 0.461 e. The van der Waals surface area contributed by atoms with E-state index in [1.807, 2.05) is 37.3 Å². The quantitative estimate of drug-likeness (QED) is 0.245. The average Bonchev–Trinajstić information content (AvgIpc) is 3.66. The van der Waals surface area contributed by atoms with Gasteiger partial charge in [-0.15, -0.1) is 0 Å². The molecule has 5 rings (SSSR count). The molecule has 3 heterocycles. The van der Waals surface area contributed by atoms with E-state index in [1.54, 1.807) is 4.90 Å². The number of alkyl halides is 5. The van der Waals surface area contributed by atoms with Crippen molar-refractivity contribution in [2.75, 3.05) is 25.7 Å². The highest BCUT2D eigenvalue weighted by Gasteiger charge is 2.62. The van der Waals surface area contributed by atoms with Crippen LogP contribution < -0.4 is 25.2 Å². The topological polar surface area (TPSA) is 98.6 Å². The second-order valence-electron chi connectivity index (χ2n) is 10.2. The third kappa shape index (κ3) is 5.79. The molecule has 1 saturated heterocycles. The van der Waals surface area contributed by atoms with Crippen LogP contribution in [0.15, 0.2) is 53.3 Å². The molecular formula is C29H28F5N5O4S. The Hall–Kier alpha value is -4.27. The Balaban J connectivity index is 1.55. The lowest BCUT2D eigenvalue weighted by molar-refractivity contribution is -0.293. The van der Waals surface area contributed by atoms with Gasteiger partial charge < -0.3 is 19.7 Å². The van der Waals surface area contributed by atoms with E-state index < -0.39 is 40.9 Å². The summed E-state index contributed by atoms with van der Waals surface area (Å²) in [5.41, 5.74) is -0.549. The monoisotopic (exact) mass is 637 g/mol. The van der Waals surface area contributed by atoms with Crippen molar-refractivity contribution in [1.82, 2.24) is 19.9 Å². The molecule has 0 aliphatic carbocycles. The Bertz CT molecular complexity index is 1730. The van der Waals surface area contributed by atoms with Gasteiger partial charge in [0.1, 0.15) is 17.5 Å². The fourth-order valence-electron chi connectivity index (χ4n) is 5.09. The van der Waals surface area contributed by atoms with Gasteiger partial charge in [-0.1, -0.05) is 41.7 Å². The van der Waals surface area contributed by atoms with E-state index in [4.69, 9.17) is 9.47 Å². The molecule has 1 N–H and O–H groups in total. The van der Waals surface area contributed by atoms with Crippen molar-refractivity contribution in [1.29, 1.82) is 0 Å². The van der Waals surface area contributed by atoms with E-state index in [9.17, 15) is 31.5 Å². The molecule has 1 aliphatic rings. The first-order valence-electron chi connectivity index (χ1n) is 13.5. The number of ether oxygens (including phenoxy) is 2. The molecule has 1 amide bonds. The van der Waals surface area contributed by atoms with Gasteiger partial charge in [-0.3, -0.25) is 14.2 Å². The van der Waals surface area contributed by atoms with E-state index >= 15 is 0 Å². The first-order valence-corrected chi connectivity index (χ1v) is 14.4. The number of carbonyl (C=O) groups is 1. The van der Waals surface area contributed by atoms with Gasteiger partial charge in [-0.25, -0.2) is 9.97 Å². The highest BCUT2D eigenvalue weighted by atomic mass is 32.1. The molecule has 2 aromatic heterocycles. The number of thiazole rings is 1. The van der Waals surface area contributed by atoms with E-state index in [0.29, 0.717) is 36.5 Å². The Morgan fingerprint density at radius 1 is 1.09 bits per heavy atom. The van der Waals surface area contributed by atoms with Gasteiger partial charge in [-0.2, -0.15) is 22.0 Å². The zero-order valence-electron chi connectivity index (χ0n) is 23.8. The molecule has 9 nitrogen and oxygen atoms in total. The van der Waals surface area contributed by atoms with Crippen LogP contribution in [0.4, 0.5) is 27.1 Å². The summed E-state index contributed by atoms with van der Waals surface area (Å²) in [7, 11) is 2.67. The Kier molecular flexibility index (Phi) is 8.51. The van der Waals surface area contributed by atoms with E-state index in [2.05, 4.69) is 15.3 Å². The molecule has 0 spiro atoms. The summed E-state index contributed by atoms with van der Waals surface area (Å²) in [5, 5.41) is 3.07. The first kappa shape index (κ1) is 31.2. The number of aromatic nitrogens is 3. The summed E-state index contributed by atoms with van der Waals surface area (Å²) in [6, 6.07) is 12.6. The molecule has 0 unspecified atom stereocenters. The predicted octanol–water partition coefficient (Wildman–Crippen LogP) is 5.42. The minimum Gasteiger partial charge on any atom is -0.497 e. The number of benzene rings is 2. The number of hydrogen-bond donors (Lipinski definition) is 1. The third-order valence-corrected chi connectivity index (χ3v) is 8.41. The molecule has 0 bridgehead atoms. The maximum absolute atomic E-state index is 14.9. The van der Waals surface area contributed by atoms with Crippen LogP contribution in [0, 0.1) is 0 Å². The number of hydrogen-bond acceptors (Lipinski definition) is 8. The predicted molar refractivity (Wildman–Crippen MR) is 154 cm³/mol. The lowest BCUT2D eigenvalue weighted by Gasteiger charge is -2.25. The number of nitrogens with one attached hydrogen (secondary N) is 1. The average molecular weight is 638 g/mol. The number of rotatable bonds is 9. The SMILES string of the molecule is COc1ccc(Cn2c(C(F)(F)C(F)(F)F)nc3sc(N4CCC[C@@H]4C(=O)N[C@H](C)c4ccccc4)nc3c2=O)c(OC)c1. The van der Waals surface area contributed by atoms with Crippen molar-refractivity contribution < 1.29 is 36.2 Å². The van der Waals surface area contributed by atoms with Gasteiger partial charge in [0.05, 0.1) is 26.8 Å². The van der Waals surface area contributed by atoms with E-state index in [-0.39, 0.29) is 38.5 Å². The Morgan fingerprint density at radius 2 is 1.82 bits per heavy atom. The molecule has 44 heavy (non-hydrogen) atoms. The van der Waals surface area contributed by atoms with Crippen molar-refractivity contribution in [3.8, 4) is 11.5 Å². The van der Waals surface area contributed by atoms with Gasteiger partial charge in [0.15, 0.2) is 21.3 Å². The fraction of sp³-hybridized carbons (Fsp3) is 0.379. The Morgan fingerprint density at radius 3 is 2.48 bits per heavy atom. The summed E-state index contributed by atoms with van der Waals surface area (Å²) < 4.78 is 81.3. The fourth-order valence-corrected chi connectivity index (χ4v) is 6.10. The number of halogens is 5. The number of anilines is 1. The normalized spacial score (nSPS) is 16.3. The van der Waals surface area contributed by atoms with Crippen LogP contribution in [0.1, 0.15) is 42.8 Å². The van der Waals surface area contributed by atoms with Crippen molar-refractivity contribution >= 4 is 32.7 Å². The highest BCUT2D eigenvalue weighted by Crippen LogP contribution is 2.44. The molecule has 0 saturated carbocycles. The number of nitrogens with zero attached hydrogens (tertiary/aromatic N) is 4. The van der Waals surface area contributed by atoms with Crippen molar-refractivity contribution in [2.24, 2.45) is 0 Å². The largest absolute Gasteiger partial charge is 0.497 e.